The van der Waals surface area contributed by atoms with Crippen molar-refractivity contribution in [2.45, 2.75) is 32.1 Å². The third-order valence-corrected chi connectivity index (χ3v) is 12.3. The van der Waals surface area contributed by atoms with Crippen LogP contribution < -0.4 is 4.90 Å². The van der Waals surface area contributed by atoms with Gasteiger partial charge in [0.2, 0.25) is 0 Å². The number of anilines is 3. The van der Waals surface area contributed by atoms with Crippen molar-refractivity contribution in [2.24, 2.45) is 0 Å². The topological polar surface area (TPSA) is 16.4 Å². The SMILES string of the molecule is CC1(C)c2ccccc2-c2c(-c3ccccc3N(c3ccccc3-c3ccc4ccccc4c3)c3ccccc3-c3ccc4c5c(oc4c3)CCC=C5)cccc21. The fourth-order valence-corrected chi connectivity index (χ4v) is 9.57. The number of hydrogen-bond donors (Lipinski definition) is 0. The normalized spacial score (nSPS) is 13.7. The molecule has 0 saturated heterocycles. The van der Waals surface area contributed by atoms with Crippen molar-refractivity contribution in [3.05, 3.63) is 204 Å². The molecule has 2 aliphatic carbocycles. The van der Waals surface area contributed by atoms with Crippen molar-refractivity contribution in [1.82, 2.24) is 0 Å². The molecule has 0 N–H and O–H groups in total. The smallest absolute Gasteiger partial charge is 0.135 e. The van der Waals surface area contributed by atoms with E-state index in [0.717, 1.165) is 52.4 Å². The van der Waals surface area contributed by atoms with E-state index >= 15 is 0 Å². The molecule has 0 aliphatic heterocycles. The van der Waals surface area contributed by atoms with Gasteiger partial charge in [-0.2, -0.15) is 0 Å². The highest BCUT2D eigenvalue weighted by Gasteiger charge is 2.37. The summed E-state index contributed by atoms with van der Waals surface area (Å²) in [6, 6.07) is 64.7. The van der Waals surface area contributed by atoms with Crippen LogP contribution in [0, 0.1) is 0 Å². The number of hydrogen-bond acceptors (Lipinski definition) is 2. The third-order valence-electron chi connectivity index (χ3n) is 12.3. The van der Waals surface area contributed by atoms with Crippen LogP contribution in [0.5, 0.6) is 0 Å². The average Bonchev–Trinajstić information content (AvgIpc) is 3.75. The van der Waals surface area contributed by atoms with Gasteiger partial charge in [-0.25, -0.2) is 0 Å². The summed E-state index contributed by atoms with van der Waals surface area (Å²) in [6.45, 7) is 4.72. The maximum atomic E-state index is 6.53. The predicted molar refractivity (Wildman–Crippen MR) is 240 cm³/mol. The van der Waals surface area contributed by atoms with Gasteiger partial charge in [-0.1, -0.05) is 166 Å². The first-order valence-electron chi connectivity index (χ1n) is 20.1. The van der Waals surface area contributed by atoms with E-state index in [1.165, 1.54) is 66.2 Å². The van der Waals surface area contributed by atoms with Crippen LogP contribution in [0.25, 0.3) is 72.3 Å². The van der Waals surface area contributed by atoms with Crippen molar-refractivity contribution in [2.75, 3.05) is 4.90 Å². The zero-order chi connectivity index (χ0) is 38.1. The molecule has 0 bridgehead atoms. The van der Waals surface area contributed by atoms with Crippen LogP contribution in [-0.2, 0) is 11.8 Å². The molecule has 1 heterocycles. The van der Waals surface area contributed by atoms with Crippen molar-refractivity contribution < 1.29 is 4.42 Å². The molecule has 2 heteroatoms. The maximum Gasteiger partial charge on any atom is 0.135 e. The Balaban J connectivity index is 1.17. The molecule has 0 unspecified atom stereocenters. The molecular weight excluding hydrogens is 691 g/mol. The van der Waals surface area contributed by atoms with Crippen LogP contribution >= 0.6 is 0 Å². The van der Waals surface area contributed by atoms with Crippen molar-refractivity contribution in [1.29, 1.82) is 0 Å². The van der Waals surface area contributed by atoms with Crippen LogP contribution in [0.2, 0.25) is 0 Å². The van der Waals surface area contributed by atoms with Gasteiger partial charge in [0.25, 0.3) is 0 Å². The number of aryl methyl sites for hydroxylation is 1. The van der Waals surface area contributed by atoms with E-state index in [9.17, 15) is 0 Å². The van der Waals surface area contributed by atoms with Crippen molar-refractivity contribution in [3.8, 4) is 44.5 Å². The highest BCUT2D eigenvalue weighted by molar-refractivity contribution is 6.03. The van der Waals surface area contributed by atoms with Crippen molar-refractivity contribution in [3.63, 3.8) is 0 Å². The monoisotopic (exact) mass is 731 g/mol. The molecule has 9 aromatic rings. The van der Waals surface area contributed by atoms with Gasteiger partial charge in [0.05, 0.1) is 17.1 Å². The summed E-state index contributed by atoms with van der Waals surface area (Å²) in [5.41, 5.74) is 17.8. The molecule has 1 aromatic heterocycles. The molecule has 8 aromatic carbocycles. The van der Waals surface area contributed by atoms with Crippen LogP contribution in [0.4, 0.5) is 17.1 Å². The summed E-state index contributed by atoms with van der Waals surface area (Å²) in [7, 11) is 0. The number of allylic oxidation sites excluding steroid dienone is 1. The van der Waals surface area contributed by atoms with Crippen LogP contribution in [-0.4, -0.2) is 0 Å². The lowest BCUT2D eigenvalue weighted by Gasteiger charge is -2.32. The number of para-hydroxylation sites is 3. The lowest BCUT2D eigenvalue weighted by Crippen LogP contribution is -2.15. The number of furan rings is 1. The Labute approximate surface area is 334 Å². The summed E-state index contributed by atoms with van der Waals surface area (Å²) < 4.78 is 6.53. The molecule has 0 spiro atoms. The van der Waals surface area contributed by atoms with Crippen LogP contribution in [0.3, 0.4) is 0 Å². The lowest BCUT2D eigenvalue weighted by molar-refractivity contribution is 0.546. The first-order chi connectivity index (χ1) is 28.0. The van der Waals surface area contributed by atoms with Crippen LogP contribution in [0.1, 0.15) is 42.7 Å². The predicted octanol–water partition coefficient (Wildman–Crippen LogP) is 15.3. The Bertz CT molecular complexity index is 3070. The van der Waals surface area contributed by atoms with Gasteiger partial charge < -0.3 is 9.32 Å². The Morgan fingerprint density at radius 3 is 1.84 bits per heavy atom. The fraction of sp³-hybridized carbons (Fsp3) is 0.0909. The summed E-state index contributed by atoms with van der Waals surface area (Å²) in [5.74, 6) is 1.08. The highest BCUT2D eigenvalue weighted by Crippen LogP contribution is 2.55. The van der Waals surface area contributed by atoms with E-state index in [1.807, 2.05) is 0 Å². The number of nitrogens with zero attached hydrogens (tertiary/aromatic N) is 1. The summed E-state index contributed by atoms with van der Waals surface area (Å²) in [6.07, 6.45) is 6.43. The zero-order valence-corrected chi connectivity index (χ0v) is 32.2. The Morgan fingerprint density at radius 2 is 1.07 bits per heavy atom. The van der Waals surface area contributed by atoms with E-state index in [-0.39, 0.29) is 5.41 Å². The van der Waals surface area contributed by atoms with E-state index in [1.54, 1.807) is 0 Å². The van der Waals surface area contributed by atoms with Gasteiger partial charge in [-0.3, -0.25) is 0 Å². The summed E-state index contributed by atoms with van der Waals surface area (Å²) in [5, 5.41) is 3.63. The zero-order valence-electron chi connectivity index (χ0n) is 32.2. The van der Waals surface area contributed by atoms with Gasteiger partial charge in [-0.15, -0.1) is 0 Å². The average molecular weight is 732 g/mol. The lowest BCUT2D eigenvalue weighted by atomic mass is 9.82. The third kappa shape index (κ3) is 5.32. The Kier molecular flexibility index (Phi) is 7.69. The number of benzene rings is 8. The Hall–Kier alpha value is -6.90. The molecular formula is C55H41NO. The van der Waals surface area contributed by atoms with Crippen molar-refractivity contribution >= 4 is 44.9 Å². The number of rotatable bonds is 6. The largest absolute Gasteiger partial charge is 0.460 e. The second-order valence-electron chi connectivity index (χ2n) is 15.9. The van der Waals surface area contributed by atoms with E-state index < -0.39 is 0 Å². The molecule has 11 rings (SSSR count). The minimum absolute atomic E-state index is 0.106. The maximum absolute atomic E-state index is 6.53. The van der Waals surface area contributed by atoms with Gasteiger partial charge in [0, 0.05) is 39.5 Å². The summed E-state index contributed by atoms with van der Waals surface area (Å²) in [4.78, 5) is 2.50. The molecule has 0 amide bonds. The van der Waals surface area contributed by atoms with Gasteiger partial charge in [-0.05, 0) is 92.5 Å². The molecule has 2 aliphatic rings. The molecule has 0 fully saturated rings. The number of fused-ring (bicyclic) bond motifs is 7. The molecule has 0 atom stereocenters. The van der Waals surface area contributed by atoms with Gasteiger partial charge in [0.15, 0.2) is 0 Å². The molecule has 0 radical (unpaired) electrons. The second-order valence-corrected chi connectivity index (χ2v) is 15.9. The Morgan fingerprint density at radius 1 is 0.491 bits per heavy atom. The second kappa shape index (κ2) is 13.1. The van der Waals surface area contributed by atoms with E-state index in [4.69, 9.17) is 4.42 Å². The first kappa shape index (κ1) is 33.4. The standard InChI is InChI=1S/C55H41NO/c1-55(2)47-24-10-5-22-46(47)54-45(23-15-25-48(54)55)42-20-8-13-28-51(42)56(49-26-11-6-18-40(49)38-31-30-36-16-3-4-17-37(36)34-38)50-27-12-7-19-41(50)39-32-33-44-43-21-9-14-29-52(43)57-53(44)35-39/h3-13,15-28,30-35H,14,29H2,1-2H3. The first-order valence-corrected chi connectivity index (χ1v) is 20.1. The van der Waals surface area contributed by atoms with Gasteiger partial charge in [0.1, 0.15) is 11.3 Å². The van der Waals surface area contributed by atoms with Gasteiger partial charge >= 0.3 is 0 Å². The minimum atomic E-state index is -0.106. The molecule has 0 saturated carbocycles. The van der Waals surface area contributed by atoms with E-state index in [0.29, 0.717) is 0 Å². The quantitative estimate of drug-likeness (QED) is 0.169. The fourth-order valence-electron chi connectivity index (χ4n) is 9.57. The molecule has 272 valence electrons. The van der Waals surface area contributed by atoms with E-state index in [2.05, 4.69) is 207 Å². The molecule has 57 heavy (non-hydrogen) atoms. The summed E-state index contributed by atoms with van der Waals surface area (Å²) >= 11 is 0. The highest BCUT2D eigenvalue weighted by atomic mass is 16.3. The van der Waals surface area contributed by atoms with Crippen LogP contribution in [0.15, 0.2) is 186 Å². The molecule has 2 nitrogen and oxygen atoms in total. The minimum Gasteiger partial charge on any atom is -0.460 e.